The van der Waals surface area contributed by atoms with Crippen molar-refractivity contribution in [2.75, 3.05) is 32.8 Å². The molecule has 0 saturated heterocycles. The Morgan fingerprint density at radius 3 is 2.52 bits per heavy atom. The predicted octanol–water partition coefficient (Wildman–Crippen LogP) is 5.16. The summed E-state index contributed by atoms with van der Waals surface area (Å²) in [5.74, 6) is 0.799. The predicted molar refractivity (Wildman–Crippen MR) is 137 cm³/mol. The maximum absolute atomic E-state index is 5.89. The zero-order valence-corrected chi connectivity index (χ0v) is 21.1. The van der Waals surface area contributed by atoms with Crippen LogP contribution in [-0.2, 0) is 4.74 Å². The molecule has 0 saturated carbocycles. The highest BCUT2D eigenvalue weighted by Gasteiger charge is 2.16. The van der Waals surface area contributed by atoms with Gasteiger partial charge < -0.3 is 15.8 Å². The van der Waals surface area contributed by atoms with Crippen LogP contribution in [0.15, 0.2) is 38.8 Å². The fraction of sp³-hybridized carbons (Fsp3) is 0.720. The molecule has 178 valence electrons. The number of ether oxygens (including phenoxy) is 1. The summed E-state index contributed by atoms with van der Waals surface area (Å²) >= 11 is 0. The third kappa shape index (κ3) is 17.6. The Morgan fingerprint density at radius 1 is 1.13 bits per heavy atom. The molecule has 0 aliphatic heterocycles. The summed E-state index contributed by atoms with van der Waals surface area (Å²) in [6.45, 7) is 19.0. The smallest absolute Gasteiger partial charge is 0.216 e. The lowest BCUT2D eigenvalue weighted by molar-refractivity contribution is 0.137. The van der Waals surface area contributed by atoms with E-state index >= 15 is 0 Å². The summed E-state index contributed by atoms with van der Waals surface area (Å²) < 4.78 is 5.42. The van der Waals surface area contributed by atoms with E-state index in [1.54, 1.807) is 0 Å². The second kappa shape index (κ2) is 17.8. The molecule has 6 nitrogen and oxygen atoms in total. The van der Waals surface area contributed by atoms with Gasteiger partial charge in [0.2, 0.25) is 5.96 Å². The van der Waals surface area contributed by atoms with Gasteiger partial charge in [0.25, 0.3) is 0 Å². The SMILES string of the molecule is CCCOCCNCC(C)=NC=NC(N)=NCC/C(=C/C=CC(C)C(C)(C)C)CCC. The van der Waals surface area contributed by atoms with Crippen molar-refractivity contribution in [3.05, 3.63) is 23.8 Å². The zero-order valence-electron chi connectivity index (χ0n) is 21.1. The molecule has 0 bridgehead atoms. The lowest BCUT2D eigenvalue weighted by atomic mass is 9.82. The van der Waals surface area contributed by atoms with Gasteiger partial charge in [-0.3, -0.25) is 4.99 Å². The Labute approximate surface area is 191 Å². The van der Waals surface area contributed by atoms with Gasteiger partial charge in [0.1, 0.15) is 6.34 Å². The van der Waals surface area contributed by atoms with Crippen molar-refractivity contribution < 1.29 is 4.74 Å². The monoisotopic (exact) mass is 433 g/mol. The molecule has 0 amide bonds. The highest BCUT2D eigenvalue weighted by atomic mass is 16.5. The fourth-order valence-electron chi connectivity index (χ4n) is 2.51. The number of nitrogens with one attached hydrogen (secondary N) is 1. The third-order valence-electron chi connectivity index (χ3n) is 5.00. The van der Waals surface area contributed by atoms with Crippen LogP contribution in [0.25, 0.3) is 0 Å². The van der Waals surface area contributed by atoms with Crippen LogP contribution < -0.4 is 11.1 Å². The molecule has 0 aliphatic carbocycles. The maximum atomic E-state index is 5.89. The minimum atomic E-state index is 0.269. The number of allylic oxidation sites excluding steroid dienone is 3. The van der Waals surface area contributed by atoms with E-state index in [2.05, 4.69) is 80.1 Å². The van der Waals surface area contributed by atoms with E-state index in [1.807, 2.05) is 6.92 Å². The lowest BCUT2D eigenvalue weighted by Gasteiger charge is -2.23. The number of nitrogens with two attached hydrogens (primary N) is 1. The van der Waals surface area contributed by atoms with Crippen molar-refractivity contribution >= 4 is 18.0 Å². The van der Waals surface area contributed by atoms with Crippen LogP contribution in [-0.4, -0.2) is 50.9 Å². The molecular formula is C25H47N5O. The molecule has 0 spiro atoms. The van der Waals surface area contributed by atoms with Crippen molar-refractivity contribution in [3.63, 3.8) is 0 Å². The third-order valence-corrected chi connectivity index (χ3v) is 5.00. The Hall–Kier alpha value is -1.79. The molecule has 0 aromatic heterocycles. The quantitative estimate of drug-likeness (QED) is 0.162. The molecule has 0 aliphatic rings. The zero-order chi connectivity index (χ0) is 23.5. The van der Waals surface area contributed by atoms with Crippen molar-refractivity contribution in [1.82, 2.24) is 5.32 Å². The molecule has 0 aromatic carbocycles. The van der Waals surface area contributed by atoms with Gasteiger partial charge in [-0.05, 0) is 37.5 Å². The first-order chi connectivity index (χ1) is 14.7. The Morgan fingerprint density at radius 2 is 1.87 bits per heavy atom. The largest absolute Gasteiger partial charge is 0.380 e. The van der Waals surface area contributed by atoms with Crippen LogP contribution >= 0.6 is 0 Å². The summed E-state index contributed by atoms with van der Waals surface area (Å²) in [5, 5.41) is 3.28. The summed E-state index contributed by atoms with van der Waals surface area (Å²) in [4.78, 5) is 12.8. The highest BCUT2D eigenvalue weighted by molar-refractivity contribution is 5.93. The summed E-state index contributed by atoms with van der Waals surface area (Å²) in [5.41, 5.74) is 8.51. The van der Waals surface area contributed by atoms with E-state index in [4.69, 9.17) is 10.5 Å². The minimum absolute atomic E-state index is 0.269. The molecule has 0 heterocycles. The number of rotatable bonds is 15. The Balaban J connectivity index is 4.44. The van der Waals surface area contributed by atoms with Crippen LogP contribution in [0.4, 0.5) is 0 Å². The standard InChI is InChI=1S/C25H47N5O/c1-8-11-23(13-10-12-21(3)25(5,6)7)14-15-28-24(26)30-20-29-22(4)19-27-16-18-31-17-9-2/h10,12-13,20-21,27H,8-9,11,14-19H2,1-7H3,(H2,26,28)/b12-10?,23-13+,29-22?,30-20?. The topological polar surface area (TPSA) is 84.4 Å². The van der Waals surface area contributed by atoms with Crippen LogP contribution in [0.3, 0.4) is 0 Å². The molecule has 1 atom stereocenters. The number of hydrogen-bond acceptors (Lipinski definition) is 3. The molecule has 0 radical (unpaired) electrons. The minimum Gasteiger partial charge on any atom is -0.380 e. The maximum Gasteiger partial charge on any atom is 0.216 e. The molecule has 3 N–H and O–H groups in total. The van der Waals surface area contributed by atoms with Gasteiger partial charge in [-0.15, -0.1) is 0 Å². The molecule has 31 heavy (non-hydrogen) atoms. The van der Waals surface area contributed by atoms with Crippen molar-refractivity contribution in [2.45, 2.75) is 74.1 Å². The van der Waals surface area contributed by atoms with Crippen LogP contribution in [0, 0.1) is 11.3 Å². The van der Waals surface area contributed by atoms with E-state index in [9.17, 15) is 0 Å². The summed E-state index contributed by atoms with van der Waals surface area (Å²) in [6, 6.07) is 0. The molecule has 0 aromatic rings. The average molecular weight is 434 g/mol. The molecule has 6 heteroatoms. The number of nitrogens with zero attached hydrogens (tertiary/aromatic N) is 3. The summed E-state index contributed by atoms with van der Waals surface area (Å²) in [6.07, 6.45) is 12.3. The van der Waals surface area contributed by atoms with Crippen molar-refractivity contribution in [3.8, 4) is 0 Å². The summed E-state index contributed by atoms with van der Waals surface area (Å²) in [7, 11) is 0. The van der Waals surface area contributed by atoms with E-state index < -0.39 is 0 Å². The average Bonchev–Trinajstić information content (AvgIpc) is 2.69. The van der Waals surface area contributed by atoms with E-state index in [-0.39, 0.29) is 11.4 Å². The van der Waals surface area contributed by atoms with Crippen LogP contribution in [0.1, 0.15) is 74.1 Å². The van der Waals surface area contributed by atoms with E-state index in [1.165, 1.54) is 11.9 Å². The van der Waals surface area contributed by atoms with E-state index in [0.717, 1.165) is 44.5 Å². The van der Waals surface area contributed by atoms with Gasteiger partial charge in [0, 0.05) is 32.0 Å². The van der Waals surface area contributed by atoms with Gasteiger partial charge in [-0.1, -0.05) is 71.8 Å². The van der Waals surface area contributed by atoms with Gasteiger partial charge >= 0.3 is 0 Å². The fourth-order valence-corrected chi connectivity index (χ4v) is 2.51. The second-order valence-corrected chi connectivity index (χ2v) is 9.00. The van der Waals surface area contributed by atoms with Gasteiger partial charge in [0.15, 0.2) is 0 Å². The first-order valence-corrected chi connectivity index (χ1v) is 11.7. The highest BCUT2D eigenvalue weighted by Crippen LogP contribution is 2.26. The van der Waals surface area contributed by atoms with Crippen LogP contribution in [0.5, 0.6) is 0 Å². The first-order valence-electron chi connectivity index (χ1n) is 11.7. The second-order valence-electron chi connectivity index (χ2n) is 9.00. The van der Waals surface area contributed by atoms with Crippen molar-refractivity contribution in [2.24, 2.45) is 32.0 Å². The Kier molecular flexibility index (Phi) is 16.8. The molecule has 1 unspecified atom stereocenters. The first kappa shape index (κ1) is 29.2. The number of aliphatic imine (C=N–C) groups is 3. The Bertz CT molecular complexity index is 612. The number of hydrogen-bond donors (Lipinski definition) is 2. The van der Waals surface area contributed by atoms with Gasteiger partial charge in [-0.2, -0.15) is 0 Å². The lowest BCUT2D eigenvalue weighted by Crippen LogP contribution is -2.25. The van der Waals surface area contributed by atoms with Gasteiger partial charge in [0.05, 0.1) is 6.61 Å². The molecule has 0 rings (SSSR count). The molecule has 0 fully saturated rings. The van der Waals surface area contributed by atoms with Crippen molar-refractivity contribution in [1.29, 1.82) is 0 Å². The van der Waals surface area contributed by atoms with Crippen LogP contribution in [0.2, 0.25) is 0 Å². The van der Waals surface area contributed by atoms with E-state index in [0.29, 0.717) is 25.6 Å². The van der Waals surface area contributed by atoms with Gasteiger partial charge in [-0.25, -0.2) is 9.98 Å². The normalized spacial score (nSPS) is 15.4. The number of guanidine groups is 1. The molecular weight excluding hydrogens is 386 g/mol.